The molecule has 0 saturated carbocycles. The van der Waals surface area contributed by atoms with Crippen molar-refractivity contribution in [2.45, 2.75) is 6.54 Å². The molecule has 0 radical (unpaired) electrons. The first-order chi connectivity index (χ1) is 8.16. The van der Waals surface area contributed by atoms with Crippen LogP contribution in [0, 0.1) is 0 Å². The van der Waals surface area contributed by atoms with Crippen LogP contribution >= 0.6 is 23.6 Å². The third kappa shape index (κ3) is 3.01. The number of thiophene rings is 1. The Kier molecular flexibility index (Phi) is 3.71. The van der Waals surface area contributed by atoms with Crippen LogP contribution in [0.1, 0.15) is 11.3 Å². The summed E-state index contributed by atoms with van der Waals surface area (Å²) < 4.78 is 0. The topological polar surface area (TPSA) is 42.2 Å². The number of thiocarbonyl (C=S) groups is 1. The molecule has 0 atom stereocenters. The second kappa shape index (κ2) is 5.25. The number of aromatic nitrogens is 1. The van der Waals surface area contributed by atoms with Crippen LogP contribution in [0.3, 0.4) is 0 Å². The first-order valence-electron chi connectivity index (χ1n) is 5.15. The first kappa shape index (κ1) is 12.0. The molecule has 2 aromatic heterocycles. The van der Waals surface area contributed by atoms with Gasteiger partial charge in [-0.3, -0.25) is 4.98 Å². The molecule has 0 aromatic carbocycles. The molecule has 17 heavy (non-hydrogen) atoms. The minimum absolute atomic E-state index is 0.329. The average Bonchev–Trinajstić information content (AvgIpc) is 2.82. The number of pyridine rings is 1. The van der Waals surface area contributed by atoms with Crippen molar-refractivity contribution in [3.8, 4) is 0 Å². The van der Waals surface area contributed by atoms with Crippen molar-refractivity contribution >= 4 is 34.2 Å². The molecule has 88 valence electrons. The van der Waals surface area contributed by atoms with E-state index in [4.69, 9.17) is 18.0 Å². The van der Waals surface area contributed by atoms with E-state index < -0.39 is 0 Å². The second-order valence-electron chi connectivity index (χ2n) is 3.75. The van der Waals surface area contributed by atoms with Crippen molar-refractivity contribution in [2.24, 2.45) is 5.73 Å². The zero-order valence-corrected chi connectivity index (χ0v) is 11.1. The summed E-state index contributed by atoms with van der Waals surface area (Å²) in [5, 5.41) is 4.22. The summed E-state index contributed by atoms with van der Waals surface area (Å²) in [5.41, 5.74) is 8.59. The molecule has 2 heterocycles. The van der Waals surface area contributed by atoms with E-state index in [2.05, 4.69) is 26.7 Å². The van der Waals surface area contributed by atoms with Gasteiger partial charge in [0.05, 0.1) is 5.69 Å². The molecule has 0 amide bonds. The Morgan fingerprint density at radius 3 is 3.00 bits per heavy atom. The van der Waals surface area contributed by atoms with Gasteiger partial charge in [-0.15, -0.1) is 0 Å². The molecule has 0 saturated heterocycles. The Hall–Kier alpha value is -1.46. The molecule has 0 aliphatic heterocycles. The summed E-state index contributed by atoms with van der Waals surface area (Å²) in [5.74, 6) is 0. The normalized spacial score (nSPS) is 10.2. The highest BCUT2D eigenvalue weighted by molar-refractivity contribution is 7.80. The predicted molar refractivity (Wildman–Crippen MR) is 76.6 cm³/mol. The molecule has 2 rings (SSSR count). The minimum Gasteiger partial charge on any atom is -0.388 e. The number of anilines is 1. The largest absolute Gasteiger partial charge is 0.388 e. The Morgan fingerprint density at radius 1 is 1.53 bits per heavy atom. The standard InChI is InChI=1S/C12H13N3S2/c1-15(7-9-3-5-17-8-9)10-2-4-14-11(6-10)12(13)16/h2-6,8H,7H2,1H3,(H2,13,16). The third-order valence-electron chi connectivity index (χ3n) is 2.44. The molecule has 0 spiro atoms. The van der Waals surface area contributed by atoms with Crippen LogP contribution in [0.15, 0.2) is 35.2 Å². The fraction of sp³-hybridized carbons (Fsp3) is 0.167. The van der Waals surface area contributed by atoms with Gasteiger partial charge in [0.15, 0.2) is 0 Å². The van der Waals surface area contributed by atoms with Crippen molar-refractivity contribution in [3.05, 3.63) is 46.4 Å². The van der Waals surface area contributed by atoms with Gasteiger partial charge < -0.3 is 10.6 Å². The molecule has 0 fully saturated rings. The van der Waals surface area contributed by atoms with Crippen LogP contribution in [0.25, 0.3) is 0 Å². The number of rotatable bonds is 4. The highest BCUT2D eigenvalue weighted by atomic mass is 32.1. The molecular formula is C12H13N3S2. The lowest BCUT2D eigenvalue weighted by atomic mass is 10.2. The fourth-order valence-corrected chi connectivity index (χ4v) is 2.31. The summed E-state index contributed by atoms with van der Waals surface area (Å²) in [6, 6.07) is 5.99. The molecule has 0 bridgehead atoms. The van der Waals surface area contributed by atoms with Crippen LogP contribution in [-0.2, 0) is 6.54 Å². The van der Waals surface area contributed by atoms with Gasteiger partial charge in [-0.1, -0.05) is 12.2 Å². The van der Waals surface area contributed by atoms with Gasteiger partial charge >= 0.3 is 0 Å². The maximum absolute atomic E-state index is 5.57. The number of nitrogens with two attached hydrogens (primary N) is 1. The molecule has 2 aromatic rings. The summed E-state index contributed by atoms with van der Waals surface area (Å²) >= 11 is 6.63. The van der Waals surface area contributed by atoms with Crippen LogP contribution in [0.4, 0.5) is 5.69 Å². The van der Waals surface area contributed by atoms with E-state index in [1.165, 1.54) is 5.56 Å². The number of hydrogen-bond donors (Lipinski definition) is 1. The first-order valence-corrected chi connectivity index (χ1v) is 6.50. The lowest BCUT2D eigenvalue weighted by molar-refractivity contribution is 0.925. The molecule has 5 heteroatoms. The average molecular weight is 263 g/mol. The monoisotopic (exact) mass is 263 g/mol. The van der Waals surface area contributed by atoms with E-state index in [1.54, 1.807) is 17.5 Å². The SMILES string of the molecule is CN(Cc1ccsc1)c1ccnc(C(N)=S)c1. The van der Waals surface area contributed by atoms with Gasteiger partial charge in [-0.25, -0.2) is 0 Å². The predicted octanol–water partition coefficient (Wildman–Crippen LogP) is 2.41. The maximum Gasteiger partial charge on any atom is 0.122 e. The highest BCUT2D eigenvalue weighted by Gasteiger charge is 2.05. The number of hydrogen-bond acceptors (Lipinski definition) is 4. The fourth-order valence-electron chi connectivity index (χ4n) is 1.54. The molecule has 2 N–H and O–H groups in total. The van der Waals surface area contributed by atoms with E-state index in [0.717, 1.165) is 12.2 Å². The minimum atomic E-state index is 0.329. The molecule has 3 nitrogen and oxygen atoms in total. The quantitative estimate of drug-likeness (QED) is 0.860. The smallest absolute Gasteiger partial charge is 0.122 e. The molecule has 0 unspecified atom stereocenters. The van der Waals surface area contributed by atoms with Crippen molar-refractivity contribution in [3.63, 3.8) is 0 Å². The van der Waals surface area contributed by atoms with Crippen LogP contribution < -0.4 is 10.6 Å². The van der Waals surface area contributed by atoms with E-state index in [1.807, 2.05) is 19.2 Å². The van der Waals surface area contributed by atoms with Crippen molar-refractivity contribution < 1.29 is 0 Å². The van der Waals surface area contributed by atoms with Gasteiger partial charge in [0.25, 0.3) is 0 Å². The van der Waals surface area contributed by atoms with Gasteiger partial charge in [0, 0.05) is 25.5 Å². The van der Waals surface area contributed by atoms with Crippen molar-refractivity contribution in [1.29, 1.82) is 0 Å². The van der Waals surface area contributed by atoms with Crippen LogP contribution in [-0.4, -0.2) is 17.0 Å². The van der Waals surface area contributed by atoms with Gasteiger partial charge in [-0.2, -0.15) is 11.3 Å². The zero-order chi connectivity index (χ0) is 12.3. The third-order valence-corrected chi connectivity index (χ3v) is 3.38. The Labute approximate surface area is 110 Å². The number of nitrogens with zero attached hydrogens (tertiary/aromatic N) is 2. The summed E-state index contributed by atoms with van der Waals surface area (Å²) in [4.78, 5) is 6.60. The Balaban J connectivity index is 2.16. The van der Waals surface area contributed by atoms with Crippen LogP contribution in [0.5, 0.6) is 0 Å². The molecule has 0 aliphatic carbocycles. The Bertz CT molecular complexity index is 508. The summed E-state index contributed by atoms with van der Waals surface area (Å²) in [6.07, 6.45) is 1.73. The molecular weight excluding hydrogens is 250 g/mol. The zero-order valence-electron chi connectivity index (χ0n) is 9.46. The van der Waals surface area contributed by atoms with E-state index in [9.17, 15) is 0 Å². The second-order valence-corrected chi connectivity index (χ2v) is 4.97. The van der Waals surface area contributed by atoms with Crippen LogP contribution in [0.2, 0.25) is 0 Å². The van der Waals surface area contributed by atoms with Crippen molar-refractivity contribution in [2.75, 3.05) is 11.9 Å². The highest BCUT2D eigenvalue weighted by Crippen LogP contribution is 2.17. The molecule has 0 aliphatic rings. The Morgan fingerprint density at radius 2 is 2.35 bits per heavy atom. The van der Waals surface area contributed by atoms with Gasteiger partial charge in [0.2, 0.25) is 0 Å². The van der Waals surface area contributed by atoms with E-state index in [0.29, 0.717) is 10.7 Å². The van der Waals surface area contributed by atoms with Gasteiger partial charge in [0.1, 0.15) is 4.99 Å². The van der Waals surface area contributed by atoms with Crippen molar-refractivity contribution in [1.82, 2.24) is 4.98 Å². The van der Waals surface area contributed by atoms with Gasteiger partial charge in [-0.05, 0) is 34.5 Å². The summed E-state index contributed by atoms with van der Waals surface area (Å²) in [7, 11) is 2.04. The lowest BCUT2D eigenvalue weighted by Crippen LogP contribution is -2.18. The lowest BCUT2D eigenvalue weighted by Gasteiger charge is -2.19. The summed E-state index contributed by atoms with van der Waals surface area (Å²) in [6.45, 7) is 0.865. The van der Waals surface area contributed by atoms with E-state index in [-0.39, 0.29) is 0 Å². The maximum atomic E-state index is 5.57. The van der Waals surface area contributed by atoms with E-state index >= 15 is 0 Å².